The maximum absolute atomic E-state index is 11.4. The molecule has 0 aliphatic heterocycles. The van der Waals surface area contributed by atoms with Crippen molar-refractivity contribution in [3.63, 3.8) is 0 Å². The molecule has 0 heterocycles. The molecule has 1 rings (SSSR count). The lowest BCUT2D eigenvalue weighted by Crippen LogP contribution is -2.28. The minimum absolute atomic E-state index is 0. The summed E-state index contributed by atoms with van der Waals surface area (Å²) < 4.78 is 0. The molecule has 1 atom stereocenters. The molecule has 0 radical (unpaired) electrons. The van der Waals surface area contributed by atoms with Crippen molar-refractivity contribution in [2.75, 3.05) is 13.6 Å². The smallest absolute Gasteiger partial charge is 0.221 e. The van der Waals surface area contributed by atoms with Gasteiger partial charge in [0, 0.05) is 13.0 Å². The van der Waals surface area contributed by atoms with Crippen LogP contribution in [0.5, 0.6) is 0 Å². The molecule has 1 aromatic carbocycles. The van der Waals surface area contributed by atoms with E-state index in [1.54, 1.807) is 0 Å². The minimum Gasteiger partial charge on any atom is -0.350 e. The monoisotopic (exact) mass is 242 g/mol. The van der Waals surface area contributed by atoms with Crippen molar-refractivity contribution in [1.29, 1.82) is 0 Å². The van der Waals surface area contributed by atoms with Crippen LogP contribution in [0.15, 0.2) is 30.3 Å². The van der Waals surface area contributed by atoms with Crippen LogP contribution in [0.25, 0.3) is 0 Å². The molecule has 0 aromatic heterocycles. The lowest BCUT2D eigenvalue weighted by Gasteiger charge is -2.13. The quantitative estimate of drug-likeness (QED) is 0.828. The van der Waals surface area contributed by atoms with Crippen LogP contribution in [-0.4, -0.2) is 19.5 Å². The number of amides is 1. The van der Waals surface area contributed by atoms with Crippen LogP contribution < -0.4 is 10.6 Å². The summed E-state index contributed by atoms with van der Waals surface area (Å²) in [4.78, 5) is 11.4. The minimum atomic E-state index is 0. The highest BCUT2D eigenvalue weighted by Gasteiger charge is 2.07. The number of nitrogens with one attached hydrogen (secondary N) is 2. The Balaban J connectivity index is 0.00000225. The zero-order valence-electron chi connectivity index (χ0n) is 9.69. The average Bonchev–Trinajstić information content (AvgIpc) is 2.27. The molecule has 90 valence electrons. The molecule has 4 heteroatoms. The highest BCUT2D eigenvalue weighted by atomic mass is 35.5. The van der Waals surface area contributed by atoms with E-state index in [1.807, 2.05) is 44.3 Å². The third-order valence-corrected chi connectivity index (χ3v) is 2.28. The van der Waals surface area contributed by atoms with Crippen LogP contribution in [0.3, 0.4) is 0 Å². The van der Waals surface area contributed by atoms with Crippen LogP contribution in [0.4, 0.5) is 0 Å². The first-order chi connectivity index (χ1) is 7.24. The third kappa shape index (κ3) is 5.14. The van der Waals surface area contributed by atoms with Crippen molar-refractivity contribution >= 4 is 18.3 Å². The first kappa shape index (κ1) is 14.9. The second-order valence-corrected chi connectivity index (χ2v) is 3.55. The summed E-state index contributed by atoms with van der Waals surface area (Å²) in [5.74, 6) is 0.0840. The Kier molecular flexibility index (Phi) is 7.60. The standard InChI is InChI=1S/C12H18N2O.ClH/c1-10(11-6-4-3-5-7-11)14-12(15)8-9-13-2;/h3-7,10,13H,8-9H2,1-2H3,(H,14,15);1H/t10-;/m1./s1. The van der Waals surface area contributed by atoms with E-state index in [4.69, 9.17) is 0 Å². The van der Waals surface area contributed by atoms with Crippen LogP contribution in [-0.2, 0) is 4.79 Å². The largest absolute Gasteiger partial charge is 0.350 e. The molecule has 0 unspecified atom stereocenters. The van der Waals surface area contributed by atoms with Crippen molar-refractivity contribution in [1.82, 2.24) is 10.6 Å². The molecule has 0 bridgehead atoms. The summed E-state index contributed by atoms with van der Waals surface area (Å²) in [6, 6.07) is 10.0. The van der Waals surface area contributed by atoms with Gasteiger partial charge in [-0.25, -0.2) is 0 Å². The Labute approximate surface area is 103 Å². The van der Waals surface area contributed by atoms with Gasteiger partial charge in [-0.1, -0.05) is 30.3 Å². The van der Waals surface area contributed by atoms with E-state index in [0.29, 0.717) is 13.0 Å². The summed E-state index contributed by atoms with van der Waals surface area (Å²) >= 11 is 0. The Bertz CT molecular complexity index is 303. The van der Waals surface area contributed by atoms with Gasteiger partial charge < -0.3 is 10.6 Å². The van der Waals surface area contributed by atoms with Gasteiger partial charge in [-0.15, -0.1) is 12.4 Å². The van der Waals surface area contributed by atoms with E-state index >= 15 is 0 Å². The highest BCUT2D eigenvalue weighted by Crippen LogP contribution is 2.10. The van der Waals surface area contributed by atoms with Crippen molar-refractivity contribution in [2.24, 2.45) is 0 Å². The zero-order chi connectivity index (χ0) is 11.1. The predicted molar refractivity (Wildman–Crippen MR) is 68.8 cm³/mol. The van der Waals surface area contributed by atoms with Gasteiger partial charge in [-0.2, -0.15) is 0 Å². The van der Waals surface area contributed by atoms with Gasteiger partial charge in [-0.3, -0.25) is 4.79 Å². The molecular formula is C12H19ClN2O. The third-order valence-electron chi connectivity index (χ3n) is 2.28. The normalized spacial score (nSPS) is 11.4. The lowest BCUT2D eigenvalue weighted by molar-refractivity contribution is -0.121. The topological polar surface area (TPSA) is 41.1 Å². The van der Waals surface area contributed by atoms with E-state index in [-0.39, 0.29) is 24.4 Å². The summed E-state index contributed by atoms with van der Waals surface area (Å²) in [7, 11) is 1.84. The fourth-order valence-corrected chi connectivity index (χ4v) is 1.38. The number of hydrogen-bond donors (Lipinski definition) is 2. The van der Waals surface area contributed by atoms with E-state index in [0.717, 1.165) is 5.56 Å². The average molecular weight is 243 g/mol. The Hall–Kier alpha value is -1.06. The molecule has 1 aromatic rings. The second-order valence-electron chi connectivity index (χ2n) is 3.55. The van der Waals surface area contributed by atoms with Crippen LogP contribution in [0, 0.1) is 0 Å². The van der Waals surface area contributed by atoms with Crippen LogP contribution in [0.2, 0.25) is 0 Å². The molecule has 0 fully saturated rings. The van der Waals surface area contributed by atoms with Gasteiger partial charge in [0.1, 0.15) is 0 Å². The maximum Gasteiger partial charge on any atom is 0.221 e. The van der Waals surface area contributed by atoms with Gasteiger partial charge in [0.25, 0.3) is 0 Å². The van der Waals surface area contributed by atoms with Crippen LogP contribution >= 0.6 is 12.4 Å². The maximum atomic E-state index is 11.4. The molecular weight excluding hydrogens is 224 g/mol. The Morgan fingerprint density at radius 2 is 1.94 bits per heavy atom. The van der Waals surface area contributed by atoms with Gasteiger partial charge in [0.2, 0.25) is 5.91 Å². The summed E-state index contributed by atoms with van der Waals surface area (Å²) in [6.45, 7) is 2.71. The van der Waals surface area contributed by atoms with Crippen LogP contribution in [0.1, 0.15) is 24.9 Å². The van der Waals surface area contributed by atoms with Gasteiger partial charge in [0.05, 0.1) is 6.04 Å². The zero-order valence-corrected chi connectivity index (χ0v) is 10.5. The number of halogens is 1. The number of carbonyl (C=O) groups excluding carboxylic acids is 1. The highest BCUT2D eigenvalue weighted by molar-refractivity contribution is 5.85. The molecule has 1 amide bonds. The molecule has 16 heavy (non-hydrogen) atoms. The number of carbonyl (C=O) groups is 1. The van der Waals surface area contributed by atoms with Crippen molar-refractivity contribution in [3.8, 4) is 0 Å². The Morgan fingerprint density at radius 1 is 1.31 bits per heavy atom. The molecule has 3 nitrogen and oxygen atoms in total. The van der Waals surface area contributed by atoms with E-state index in [9.17, 15) is 4.79 Å². The molecule has 2 N–H and O–H groups in total. The summed E-state index contributed by atoms with van der Waals surface area (Å²) in [6.07, 6.45) is 0.522. The number of hydrogen-bond acceptors (Lipinski definition) is 2. The van der Waals surface area contributed by atoms with Gasteiger partial charge in [-0.05, 0) is 19.5 Å². The predicted octanol–water partition coefficient (Wildman–Crippen LogP) is 1.90. The van der Waals surface area contributed by atoms with E-state index in [2.05, 4.69) is 10.6 Å². The molecule has 0 aliphatic rings. The summed E-state index contributed by atoms with van der Waals surface area (Å²) in [5.41, 5.74) is 1.13. The lowest BCUT2D eigenvalue weighted by atomic mass is 10.1. The molecule has 0 saturated heterocycles. The van der Waals surface area contributed by atoms with Crippen molar-refractivity contribution in [2.45, 2.75) is 19.4 Å². The Morgan fingerprint density at radius 3 is 2.50 bits per heavy atom. The molecule has 0 spiro atoms. The fourth-order valence-electron chi connectivity index (χ4n) is 1.38. The number of benzene rings is 1. The van der Waals surface area contributed by atoms with Crippen molar-refractivity contribution < 1.29 is 4.79 Å². The van der Waals surface area contributed by atoms with Gasteiger partial charge in [0.15, 0.2) is 0 Å². The van der Waals surface area contributed by atoms with Crippen molar-refractivity contribution in [3.05, 3.63) is 35.9 Å². The second kappa shape index (κ2) is 8.13. The first-order valence-corrected chi connectivity index (χ1v) is 5.23. The van der Waals surface area contributed by atoms with E-state index < -0.39 is 0 Å². The van der Waals surface area contributed by atoms with Gasteiger partial charge >= 0.3 is 0 Å². The molecule has 0 saturated carbocycles. The number of rotatable bonds is 5. The first-order valence-electron chi connectivity index (χ1n) is 5.23. The fraction of sp³-hybridized carbons (Fsp3) is 0.417. The SMILES string of the molecule is CNCCC(=O)N[C@H](C)c1ccccc1.Cl. The van der Waals surface area contributed by atoms with E-state index in [1.165, 1.54) is 0 Å². The summed E-state index contributed by atoms with van der Waals surface area (Å²) in [5, 5.41) is 5.90. The molecule has 0 aliphatic carbocycles.